The van der Waals surface area contributed by atoms with E-state index in [0.717, 1.165) is 12.8 Å². The maximum Gasteiger partial charge on any atom is 0.263 e. The first-order chi connectivity index (χ1) is 10.7. The van der Waals surface area contributed by atoms with Crippen LogP contribution in [0.4, 0.5) is 4.39 Å². The lowest BCUT2D eigenvalue weighted by Gasteiger charge is -2.20. The van der Waals surface area contributed by atoms with Gasteiger partial charge in [-0.3, -0.25) is 9.78 Å². The number of amides is 1. The minimum atomic E-state index is -0.362. The summed E-state index contributed by atoms with van der Waals surface area (Å²) in [6.07, 6.45) is 6.24. The van der Waals surface area contributed by atoms with Crippen molar-refractivity contribution < 1.29 is 9.18 Å². The average molecular weight is 318 g/mol. The molecule has 2 aromatic heterocycles. The second kappa shape index (κ2) is 5.40. The maximum absolute atomic E-state index is 13.2. The predicted octanol–water partition coefficient (Wildman–Crippen LogP) is 1.97. The quantitative estimate of drug-likeness (QED) is 0.908. The van der Waals surface area contributed by atoms with Crippen LogP contribution in [0.2, 0.25) is 0 Å². The summed E-state index contributed by atoms with van der Waals surface area (Å²) in [5.74, 6) is -0.473. The predicted molar refractivity (Wildman–Crippen MR) is 81.1 cm³/mol. The van der Waals surface area contributed by atoms with Gasteiger partial charge in [0.15, 0.2) is 0 Å². The van der Waals surface area contributed by atoms with Crippen molar-refractivity contribution in [1.29, 1.82) is 0 Å². The minimum absolute atomic E-state index is 0.112. The fourth-order valence-electron chi connectivity index (χ4n) is 3.24. The molecule has 2 bridgehead atoms. The first-order valence-corrected chi connectivity index (χ1v) is 8.15. The molecule has 4 rings (SSSR count). The molecule has 2 aromatic rings. The van der Waals surface area contributed by atoms with E-state index in [1.165, 1.54) is 42.3 Å². The highest BCUT2D eigenvalue weighted by molar-refractivity contribution is 7.16. The lowest BCUT2D eigenvalue weighted by atomic mass is 9.95. The van der Waals surface area contributed by atoms with Crippen LogP contribution in [0.1, 0.15) is 28.9 Å². The van der Waals surface area contributed by atoms with Crippen LogP contribution < -0.4 is 10.6 Å². The van der Waals surface area contributed by atoms with E-state index in [-0.39, 0.29) is 17.8 Å². The Bertz CT molecular complexity index is 719. The van der Waals surface area contributed by atoms with Gasteiger partial charge in [0.2, 0.25) is 0 Å². The SMILES string of the molecule is O=C(NC1CC2CCC1N2)c1cnc(-c2cc(F)ccn2)s1. The summed E-state index contributed by atoms with van der Waals surface area (Å²) in [4.78, 5) is 21.1. The van der Waals surface area contributed by atoms with E-state index < -0.39 is 0 Å². The van der Waals surface area contributed by atoms with E-state index in [4.69, 9.17) is 0 Å². The van der Waals surface area contributed by atoms with Gasteiger partial charge in [-0.2, -0.15) is 0 Å². The van der Waals surface area contributed by atoms with Gasteiger partial charge in [-0.05, 0) is 25.3 Å². The van der Waals surface area contributed by atoms with Crippen LogP contribution in [0.25, 0.3) is 10.7 Å². The Balaban J connectivity index is 1.48. The van der Waals surface area contributed by atoms with E-state index in [9.17, 15) is 9.18 Å². The van der Waals surface area contributed by atoms with Crippen molar-refractivity contribution >= 4 is 17.2 Å². The third-order valence-electron chi connectivity index (χ3n) is 4.29. The molecule has 4 heterocycles. The number of halogens is 1. The van der Waals surface area contributed by atoms with E-state index in [1.54, 1.807) is 0 Å². The number of aromatic nitrogens is 2. The molecule has 5 nitrogen and oxygen atoms in total. The number of carbonyl (C=O) groups excluding carboxylic acids is 1. The van der Waals surface area contributed by atoms with Crippen LogP contribution in [0.5, 0.6) is 0 Å². The molecule has 2 N–H and O–H groups in total. The van der Waals surface area contributed by atoms with Crippen molar-refractivity contribution in [2.75, 3.05) is 0 Å². The zero-order valence-electron chi connectivity index (χ0n) is 11.8. The van der Waals surface area contributed by atoms with Crippen LogP contribution in [0.15, 0.2) is 24.5 Å². The number of nitrogens with one attached hydrogen (secondary N) is 2. The van der Waals surface area contributed by atoms with Crippen molar-refractivity contribution in [2.24, 2.45) is 0 Å². The number of carbonyl (C=O) groups is 1. The molecule has 1 amide bonds. The Hall–Kier alpha value is -1.86. The van der Waals surface area contributed by atoms with Crippen molar-refractivity contribution in [3.8, 4) is 10.7 Å². The highest BCUT2D eigenvalue weighted by Gasteiger charge is 2.39. The molecule has 3 atom stereocenters. The Labute approximate surface area is 131 Å². The van der Waals surface area contributed by atoms with E-state index >= 15 is 0 Å². The topological polar surface area (TPSA) is 66.9 Å². The number of pyridine rings is 1. The fourth-order valence-corrected chi connectivity index (χ4v) is 4.03. The largest absolute Gasteiger partial charge is 0.347 e. The Kier molecular flexibility index (Phi) is 3.38. The first kappa shape index (κ1) is 13.8. The lowest BCUT2D eigenvalue weighted by Crippen LogP contribution is -2.42. The van der Waals surface area contributed by atoms with E-state index in [2.05, 4.69) is 20.6 Å². The van der Waals surface area contributed by atoms with Crippen LogP contribution in [0, 0.1) is 5.82 Å². The van der Waals surface area contributed by atoms with Crippen molar-refractivity contribution in [3.63, 3.8) is 0 Å². The Morgan fingerprint density at radius 1 is 1.41 bits per heavy atom. The van der Waals surface area contributed by atoms with Crippen molar-refractivity contribution in [2.45, 2.75) is 37.4 Å². The molecule has 2 aliphatic rings. The molecule has 2 aliphatic heterocycles. The van der Waals surface area contributed by atoms with Gasteiger partial charge in [-0.15, -0.1) is 11.3 Å². The molecule has 2 saturated heterocycles. The van der Waals surface area contributed by atoms with Gasteiger partial charge in [0.05, 0.1) is 6.20 Å². The molecular weight excluding hydrogens is 303 g/mol. The second-order valence-electron chi connectivity index (χ2n) is 5.75. The van der Waals surface area contributed by atoms with Gasteiger partial charge in [-0.1, -0.05) is 0 Å². The lowest BCUT2D eigenvalue weighted by molar-refractivity contribution is 0.0935. The van der Waals surface area contributed by atoms with Gasteiger partial charge >= 0.3 is 0 Å². The van der Waals surface area contributed by atoms with Crippen LogP contribution in [-0.4, -0.2) is 34.0 Å². The minimum Gasteiger partial charge on any atom is -0.347 e. The fraction of sp³-hybridized carbons (Fsp3) is 0.400. The molecule has 0 radical (unpaired) electrons. The highest BCUT2D eigenvalue weighted by Crippen LogP contribution is 2.29. The molecule has 0 spiro atoms. The maximum atomic E-state index is 13.2. The molecule has 7 heteroatoms. The van der Waals surface area contributed by atoms with Gasteiger partial charge in [0.25, 0.3) is 5.91 Å². The van der Waals surface area contributed by atoms with Gasteiger partial charge < -0.3 is 10.6 Å². The average Bonchev–Trinajstić information content (AvgIpc) is 3.23. The number of thiazole rings is 1. The summed E-state index contributed by atoms with van der Waals surface area (Å²) >= 11 is 1.23. The highest BCUT2D eigenvalue weighted by atomic mass is 32.1. The summed E-state index contributed by atoms with van der Waals surface area (Å²) in [7, 11) is 0. The van der Waals surface area contributed by atoms with Crippen molar-refractivity contribution in [3.05, 3.63) is 35.2 Å². The molecular formula is C15H15FN4OS. The summed E-state index contributed by atoms with van der Waals surface area (Å²) in [5.41, 5.74) is 0.450. The molecule has 22 heavy (non-hydrogen) atoms. The van der Waals surface area contributed by atoms with Crippen LogP contribution in [0.3, 0.4) is 0 Å². The van der Waals surface area contributed by atoms with E-state index in [1.807, 2.05) is 0 Å². The molecule has 114 valence electrons. The molecule has 0 aromatic carbocycles. The van der Waals surface area contributed by atoms with E-state index in [0.29, 0.717) is 27.7 Å². The van der Waals surface area contributed by atoms with Gasteiger partial charge in [0, 0.05) is 30.4 Å². The molecule has 0 saturated carbocycles. The number of hydrogen-bond acceptors (Lipinski definition) is 5. The van der Waals surface area contributed by atoms with Gasteiger partial charge in [-0.25, -0.2) is 9.37 Å². The summed E-state index contributed by atoms with van der Waals surface area (Å²) in [6, 6.07) is 3.74. The third-order valence-corrected chi connectivity index (χ3v) is 5.31. The standard InChI is InChI=1S/C15H15FN4OS/c16-8-3-4-17-12(5-8)15-18-7-13(22-15)14(21)20-11-6-9-1-2-10(11)19-9/h3-5,7,9-11,19H,1-2,6H2,(H,20,21). The van der Waals surface area contributed by atoms with Gasteiger partial charge in [0.1, 0.15) is 21.4 Å². The molecule has 0 aliphatic carbocycles. The van der Waals surface area contributed by atoms with Crippen LogP contribution in [-0.2, 0) is 0 Å². The molecule has 3 unspecified atom stereocenters. The first-order valence-electron chi connectivity index (χ1n) is 7.34. The normalized spacial score (nSPS) is 26.3. The third kappa shape index (κ3) is 2.50. The zero-order valence-corrected chi connectivity index (χ0v) is 12.6. The molecule has 2 fully saturated rings. The second-order valence-corrected chi connectivity index (χ2v) is 6.78. The smallest absolute Gasteiger partial charge is 0.263 e. The number of nitrogens with zero attached hydrogens (tertiary/aromatic N) is 2. The number of rotatable bonds is 3. The number of hydrogen-bond donors (Lipinski definition) is 2. The summed E-state index contributed by atoms with van der Waals surface area (Å²) in [6.45, 7) is 0. The van der Waals surface area contributed by atoms with Crippen LogP contribution >= 0.6 is 11.3 Å². The van der Waals surface area contributed by atoms with Crippen molar-refractivity contribution in [1.82, 2.24) is 20.6 Å². The zero-order chi connectivity index (χ0) is 15.1. The monoisotopic (exact) mass is 318 g/mol. The Morgan fingerprint density at radius 2 is 2.32 bits per heavy atom. The Morgan fingerprint density at radius 3 is 3.05 bits per heavy atom. The summed E-state index contributed by atoms with van der Waals surface area (Å²) in [5, 5.41) is 7.12. The number of fused-ring (bicyclic) bond motifs is 2. The summed E-state index contributed by atoms with van der Waals surface area (Å²) < 4.78 is 13.2.